The van der Waals surface area contributed by atoms with Gasteiger partial charge in [-0.1, -0.05) is 12.1 Å². The molecular weight excluding hydrogens is 228 g/mol. The van der Waals surface area contributed by atoms with Gasteiger partial charge in [-0.2, -0.15) is 0 Å². The van der Waals surface area contributed by atoms with Gasteiger partial charge in [0.05, 0.1) is 6.10 Å². The molecule has 2 rings (SSSR count). The van der Waals surface area contributed by atoms with Gasteiger partial charge in [-0.05, 0) is 44.4 Å². The molecule has 3 atom stereocenters. The van der Waals surface area contributed by atoms with Crippen LogP contribution in [0.15, 0.2) is 12.1 Å². The van der Waals surface area contributed by atoms with E-state index in [1.54, 1.807) is 0 Å². The van der Waals surface area contributed by atoms with Crippen LogP contribution in [0.4, 0.5) is 0 Å². The summed E-state index contributed by atoms with van der Waals surface area (Å²) in [5.41, 5.74) is 3.53. The Kier molecular flexibility index (Phi) is 3.93. The molecule has 0 bridgehead atoms. The van der Waals surface area contributed by atoms with Crippen molar-refractivity contribution < 1.29 is 14.6 Å². The number of benzene rings is 1. The van der Waals surface area contributed by atoms with Crippen LogP contribution in [-0.2, 0) is 4.74 Å². The predicted octanol–water partition coefficient (Wildman–Crippen LogP) is 2.53. The van der Waals surface area contributed by atoms with E-state index >= 15 is 0 Å². The lowest BCUT2D eigenvalue weighted by Gasteiger charge is -2.41. The molecule has 18 heavy (non-hydrogen) atoms. The smallest absolute Gasteiger partial charge is 0.130 e. The van der Waals surface area contributed by atoms with Gasteiger partial charge in [0.15, 0.2) is 0 Å². The van der Waals surface area contributed by atoms with Crippen LogP contribution >= 0.6 is 0 Å². The summed E-state index contributed by atoms with van der Waals surface area (Å²) in [5, 5.41) is 9.68. The van der Waals surface area contributed by atoms with Crippen molar-refractivity contribution in [2.75, 3.05) is 6.61 Å². The first-order valence-corrected chi connectivity index (χ1v) is 6.57. The zero-order valence-corrected chi connectivity index (χ0v) is 11.6. The third-order valence-corrected chi connectivity index (χ3v) is 3.72. The monoisotopic (exact) mass is 250 g/mol. The fourth-order valence-corrected chi connectivity index (χ4v) is 2.34. The van der Waals surface area contributed by atoms with Gasteiger partial charge in [0.25, 0.3) is 0 Å². The molecule has 3 nitrogen and oxygen atoms in total. The van der Waals surface area contributed by atoms with E-state index in [0.717, 1.165) is 11.3 Å². The molecule has 0 heterocycles. The maximum Gasteiger partial charge on any atom is 0.130 e. The second-order valence-electron chi connectivity index (χ2n) is 5.03. The largest absolute Gasteiger partial charge is 0.487 e. The van der Waals surface area contributed by atoms with Crippen molar-refractivity contribution in [3.8, 4) is 5.75 Å². The van der Waals surface area contributed by atoms with Gasteiger partial charge in [0.1, 0.15) is 18.0 Å². The summed E-state index contributed by atoms with van der Waals surface area (Å²) in [6, 6.07) is 4.18. The van der Waals surface area contributed by atoms with Crippen LogP contribution in [0.1, 0.15) is 30.0 Å². The molecule has 1 aromatic carbocycles. The normalized spacial score (nSPS) is 26.8. The second-order valence-corrected chi connectivity index (χ2v) is 5.03. The molecule has 0 spiro atoms. The number of ether oxygens (including phenoxy) is 2. The lowest BCUT2D eigenvalue weighted by Crippen LogP contribution is -2.55. The predicted molar refractivity (Wildman–Crippen MR) is 71.1 cm³/mol. The molecule has 1 N–H and O–H groups in total. The highest BCUT2D eigenvalue weighted by atomic mass is 16.6. The molecule has 1 saturated carbocycles. The van der Waals surface area contributed by atoms with E-state index < -0.39 is 0 Å². The minimum Gasteiger partial charge on any atom is -0.487 e. The van der Waals surface area contributed by atoms with Crippen molar-refractivity contribution in [2.45, 2.75) is 52.4 Å². The van der Waals surface area contributed by atoms with Crippen molar-refractivity contribution in [3.05, 3.63) is 28.8 Å². The van der Waals surface area contributed by atoms with Crippen molar-refractivity contribution in [3.63, 3.8) is 0 Å². The van der Waals surface area contributed by atoms with E-state index in [0.29, 0.717) is 13.0 Å². The molecule has 3 heteroatoms. The van der Waals surface area contributed by atoms with Crippen LogP contribution in [0.25, 0.3) is 0 Å². The fourth-order valence-electron chi connectivity index (χ4n) is 2.34. The summed E-state index contributed by atoms with van der Waals surface area (Å²) in [6.07, 6.45) is 0.0474. The first-order valence-electron chi connectivity index (χ1n) is 6.57. The molecule has 1 aliphatic rings. The van der Waals surface area contributed by atoms with E-state index in [1.165, 1.54) is 11.1 Å². The number of hydrogen-bond acceptors (Lipinski definition) is 3. The molecule has 0 amide bonds. The minimum atomic E-state index is -0.389. The molecule has 1 fully saturated rings. The van der Waals surface area contributed by atoms with E-state index in [1.807, 2.05) is 13.8 Å². The third kappa shape index (κ3) is 2.38. The van der Waals surface area contributed by atoms with Crippen LogP contribution in [0, 0.1) is 20.8 Å². The lowest BCUT2D eigenvalue weighted by molar-refractivity contribution is -0.160. The summed E-state index contributed by atoms with van der Waals surface area (Å²) < 4.78 is 11.6. The van der Waals surface area contributed by atoms with Crippen LogP contribution in [0.3, 0.4) is 0 Å². The Bertz CT molecular complexity index is 428. The average molecular weight is 250 g/mol. The summed E-state index contributed by atoms with van der Waals surface area (Å²) in [7, 11) is 0. The van der Waals surface area contributed by atoms with Crippen molar-refractivity contribution >= 4 is 0 Å². The van der Waals surface area contributed by atoms with Crippen LogP contribution < -0.4 is 4.74 Å². The highest BCUT2D eigenvalue weighted by molar-refractivity contribution is 5.44. The summed E-state index contributed by atoms with van der Waals surface area (Å²) in [6.45, 7) is 8.74. The van der Waals surface area contributed by atoms with Gasteiger partial charge in [-0.3, -0.25) is 0 Å². The van der Waals surface area contributed by atoms with E-state index in [-0.39, 0.29) is 18.3 Å². The van der Waals surface area contributed by atoms with Gasteiger partial charge in [-0.25, -0.2) is 0 Å². The number of rotatable bonds is 4. The average Bonchev–Trinajstić information content (AvgIpc) is 2.35. The van der Waals surface area contributed by atoms with Gasteiger partial charge >= 0.3 is 0 Å². The Hall–Kier alpha value is -1.06. The maximum absolute atomic E-state index is 9.68. The quantitative estimate of drug-likeness (QED) is 0.892. The van der Waals surface area contributed by atoms with Crippen molar-refractivity contribution in [1.82, 2.24) is 0 Å². The third-order valence-electron chi connectivity index (χ3n) is 3.72. The molecule has 100 valence electrons. The second kappa shape index (κ2) is 5.29. The SMILES string of the molecule is CCOC1C(O)CC1Oc1c(C)ccc(C)c1C. The molecule has 0 radical (unpaired) electrons. The number of aryl methyl sites for hydroxylation is 2. The summed E-state index contributed by atoms with van der Waals surface area (Å²) in [5.74, 6) is 0.941. The minimum absolute atomic E-state index is 0.0286. The molecule has 1 aliphatic carbocycles. The summed E-state index contributed by atoms with van der Waals surface area (Å²) in [4.78, 5) is 0. The van der Waals surface area contributed by atoms with Gasteiger partial charge in [0, 0.05) is 13.0 Å². The number of hydrogen-bond donors (Lipinski definition) is 1. The first kappa shape index (κ1) is 13.4. The zero-order chi connectivity index (χ0) is 13.3. The number of aliphatic hydroxyl groups excluding tert-OH is 1. The Morgan fingerprint density at radius 2 is 1.89 bits per heavy atom. The molecule has 0 saturated heterocycles. The Balaban J connectivity index is 2.13. The molecule has 3 unspecified atom stereocenters. The molecule has 0 aromatic heterocycles. The van der Waals surface area contributed by atoms with Crippen LogP contribution in [0.2, 0.25) is 0 Å². The summed E-state index contributed by atoms with van der Waals surface area (Å²) >= 11 is 0. The first-order chi connectivity index (χ1) is 8.54. The zero-order valence-electron chi connectivity index (χ0n) is 11.6. The lowest BCUT2D eigenvalue weighted by atomic mass is 9.87. The highest BCUT2D eigenvalue weighted by Crippen LogP contribution is 2.33. The van der Waals surface area contributed by atoms with E-state index in [2.05, 4.69) is 26.0 Å². The maximum atomic E-state index is 9.68. The van der Waals surface area contributed by atoms with Crippen LogP contribution in [-0.4, -0.2) is 30.0 Å². The molecule has 1 aromatic rings. The van der Waals surface area contributed by atoms with E-state index in [4.69, 9.17) is 9.47 Å². The topological polar surface area (TPSA) is 38.7 Å². The number of aliphatic hydroxyl groups is 1. The van der Waals surface area contributed by atoms with Crippen molar-refractivity contribution in [1.29, 1.82) is 0 Å². The Morgan fingerprint density at radius 1 is 1.22 bits per heavy atom. The van der Waals surface area contributed by atoms with E-state index in [9.17, 15) is 5.11 Å². The van der Waals surface area contributed by atoms with Gasteiger partial charge in [-0.15, -0.1) is 0 Å². The molecule has 0 aliphatic heterocycles. The van der Waals surface area contributed by atoms with Crippen molar-refractivity contribution in [2.24, 2.45) is 0 Å². The fraction of sp³-hybridized carbons (Fsp3) is 0.600. The Morgan fingerprint density at radius 3 is 2.50 bits per heavy atom. The Labute approximate surface area is 109 Å². The van der Waals surface area contributed by atoms with Crippen LogP contribution in [0.5, 0.6) is 5.75 Å². The van der Waals surface area contributed by atoms with Gasteiger partial charge in [0.2, 0.25) is 0 Å². The van der Waals surface area contributed by atoms with Gasteiger partial charge < -0.3 is 14.6 Å². The standard InChI is InChI=1S/C15H22O3/c1-5-17-15-12(16)8-13(15)18-14-10(3)7-6-9(2)11(14)4/h6-7,12-13,15-16H,5,8H2,1-4H3. The highest BCUT2D eigenvalue weighted by Gasteiger charge is 2.43. The molecular formula is C15H22O3.